The number of carbonyl (C=O) groups is 1. The zero-order chi connectivity index (χ0) is 18.6. The summed E-state index contributed by atoms with van der Waals surface area (Å²) in [7, 11) is -3.68. The van der Waals surface area contributed by atoms with Crippen LogP contribution in [-0.2, 0) is 21.4 Å². The van der Waals surface area contributed by atoms with Gasteiger partial charge in [0.2, 0.25) is 15.9 Å². The number of benzene rings is 1. The number of thioether (sulfide) groups is 1. The van der Waals surface area contributed by atoms with Crippen LogP contribution in [0.4, 0.5) is 0 Å². The van der Waals surface area contributed by atoms with E-state index >= 15 is 0 Å². The lowest BCUT2D eigenvalue weighted by atomic mass is 10.2. The number of sulfonamides is 1. The summed E-state index contributed by atoms with van der Waals surface area (Å²) in [5.41, 5.74) is 0.807. The molecule has 2 heterocycles. The van der Waals surface area contributed by atoms with E-state index in [4.69, 9.17) is 0 Å². The average Bonchev–Trinajstić information content (AvgIpc) is 3.07. The van der Waals surface area contributed by atoms with E-state index in [1.54, 1.807) is 54.5 Å². The van der Waals surface area contributed by atoms with E-state index in [2.05, 4.69) is 10.3 Å². The summed E-state index contributed by atoms with van der Waals surface area (Å²) in [6.45, 7) is 0.458. The highest BCUT2D eigenvalue weighted by Crippen LogP contribution is 2.23. The van der Waals surface area contributed by atoms with Crippen molar-refractivity contribution in [2.24, 2.45) is 0 Å². The van der Waals surface area contributed by atoms with Crippen molar-refractivity contribution in [1.29, 1.82) is 0 Å². The molecule has 0 bridgehead atoms. The molecule has 3 rings (SSSR count). The third-order valence-corrected chi connectivity index (χ3v) is 6.86. The van der Waals surface area contributed by atoms with Gasteiger partial charge in [-0.2, -0.15) is 4.31 Å². The first-order valence-corrected chi connectivity index (χ1v) is 11.0. The molecule has 1 amide bonds. The Balaban J connectivity index is 1.88. The van der Waals surface area contributed by atoms with Crippen molar-refractivity contribution < 1.29 is 13.2 Å². The summed E-state index contributed by atoms with van der Waals surface area (Å²) in [6.07, 6.45) is 6.34. The van der Waals surface area contributed by atoms with Crippen LogP contribution in [0.2, 0.25) is 0 Å². The molecular weight excluding hydrogens is 370 g/mol. The Morgan fingerprint density at radius 3 is 2.62 bits per heavy atom. The topological polar surface area (TPSA) is 79.4 Å². The number of carbonyl (C=O) groups excluding carboxylic acids is 1. The van der Waals surface area contributed by atoms with Crippen LogP contribution in [0.1, 0.15) is 18.4 Å². The summed E-state index contributed by atoms with van der Waals surface area (Å²) in [5.74, 6) is -0.0296. The van der Waals surface area contributed by atoms with Crippen molar-refractivity contribution in [2.75, 3.05) is 12.8 Å². The second-order valence-electron chi connectivity index (χ2n) is 6.14. The fourth-order valence-electron chi connectivity index (χ4n) is 2.90. The summed E-state index contributed by atoms with van der Waals surface area (Å²) in [4.78, 5) is 16.8. The molecule has 1 aliphatic heterocycles. The molecule has 0 aliphatic carbocycles. The molecular formula is C18H21N3O3S2. The Kier molecular flexibility index (Phi) is 5.95. The molecule has 8 heteroatoms. The number of hydrogen-bond donors (Lipinski definition) is 1. The van der Waals surface area contributed by atoms with E-state index in [0.717, 1.165) is 10.5 Å². The van der Waals surface area contributed by atoms with Crippen LogP contribution >= 0.6 is 11.8 Å². The maximum atomic E-state index is 13.2. The highest BCUT2D eigenvalue weighted by molar-refractivity contribution is 7.98. The fraction of sp³-hybridized carbons (Fsp3) is 0.333. The van der Waals surface area contributed by atoms with E-state index < -0.39 is 10.0 Å². The highest BCUT2D eigenvalue weighted by atomic mass is 32.2. The summed E-state index contributed by atoms with van der Waals surface area (Å²) >= 11 is 1.56. The molecule has 2 aromatic rings. The third-order valence-electron chi connectivity index (χ3n) is 4.29. The van der Waals surface area contributed by atoms with Gasteiger partial charge in [-0.15, -0.1) is 11.8 Å². The quantitative estimate of drug-likeness (QED) is 0.733. The SMILES string of the molecule is CSc1ccc(S(=O)(=O)N(Cc2cccnc2)C[C@@H]2CCC(=O)N2)cc1. The van der Waals surface area contributed by atoms with Gasteiger partial charge in [0.25, 0.3) is 0 Å². The number of amides is 1. The maximum Gasteiger partial charge on any atom is 0.243 e. The molecule has 138 valence electrons. The molecule has 1 aromatic heterocycles. The Labute approximate surface area is 158 Å². The summed E-state index contributed by atoms with van der Waals surface area (Å²) < 4.78 is 27.8. The summed E-state index contributed by atoms with van der Waals surface area (Å²) in [6, 6.07) is 10.3. The number of hydrogen-bond acceptors (Lipinski definition) is 5. The van der Waals surface area contributed by atoms with Crippen molar-refractivity contribution in [3.63, 3.8) is 0 Å². The van der Waals surface area contributed by atoms with Gasteiger partial charge in [0.1, 0.15) is 0 Å². The van der Waals surface area contributed by atoms with Gasteiger partial charge < -0.3 is 5.32 Å². The van der Waals surface area contributed by atoms with Crippen molar-refractivity contribution in [3.8, 4) is 0 Å². The molecule has 1 saturated heterocycles. The Bertz CT molecular complexity index is 855. The van der Waals surface area contributed by atoms with Crippen LogP contribution in [0, 0.1) is 0 Å². The van der Waals surface area contributed by atoms with Crippen LogP contribution in [-0.4, -0.2) is 42.5 Å². The Morgan fingerprint density at radius 2 is 2.04 bits per heavy atom. The largest absolute Gasteiger partial charge is 0.352 e. The first-order valence-electron chi connectivity index (χ1n) is 8.31. The molecule has 1 aliphatic rings. The normalized spacial score (nSPS) is 17.5. The molecule has 1 fully saturated rings. The first-order chi connectivity index (χ1) is 12.5. The van der Waals surface area contributed by atoms with Gasteiger partial charge in [-0.3, -0.25) is 9.78 Å². The van der Waals surface area contributed by atoms with Crippen molar-refractivity contribution in [3.05, 3.63) is 54.4 Å². The van der Waals surface area contributed by atoms with Gasteiger partial charge in [0.05, 0.1) is 4.90 Å². The first kappa shape index (κ1) is 18.9. The van der Waals surface area contributed by atoms with Gasteiger partial charge in [-0.1, -0.05) is 6.07 Å². The number of aromatic nitrogens is 1. The lowest BCUT2D eigenvalue weighted by molar-refractivity contribution is -0.119. The fourth-order valence-corrected chi connectivity index (χ4v) is 4.78. The Hall–Kier alpha value is -1.90. The van der Waals surface area contributed by atoms with Gasteiger partial charge in [-0.25, -0.2) is 8.42 Å². The number of rotatable bonds is 7. The van der Waals surface area contributed by atoms with Crippen LogP contribution in [0.15, 0.2) is 58.6 Å². The number of nitrogens with zero attached hydrogens (tertiary/aromatic N) is 2. The van der Waals surface area contributed by atoms with Crippen molar-refractivity contribution >= 4 is 27.7 Å². The molecule has 6 nitrogen and oxygen atoms in total. The van der Waals surface area contributed by atoms with E-state index in [-0.39, 0.29) is 29.9 Å². The van der Waals surface area contributed by atoms with E-state index in [0.29, 0.717) is 12.8 Å². The van der Waals surface area contributed by atoms with Crippen molar-refractivity contribution in [1.82, 2.24) is 14.6 Å². The molecule has 1 atom stereocenters. The average molecular weight is 392 g/mol. The zero-order valence-electron chi connectivity index (χ0n) is 14.5. The lowest BCUT2D eigenvalue weighted by Gasteiger charge is -2.25. The molecule has 0 saturated carbocycles. The predicted molar refractivity (Wildman–Crippen MR) is 101 cm³/mol. The maximum absolute atomic E-state index is 13.2. The van der Waals surface area contributed by atoms with Gasteiger partial charge in [-0.05, 0) is 48.6 Å². The molecule has 1 N–H and O–H groups in total. The van der Waals surface area contributed by atoms with Crippen LogP contribution in [0.25, 0.3) is 0 Å². The zero-order valence-corrected chi connectivity index (χ0v) is 16.1. The standard InChI is InChI=1S/C18H21N3O3S2/c1-25-16-5-7-17(8-6-16)26(23,24)21(12-14-3-2-10-19-11-14)13-15-4-9-18(22)20-15/h2-3,5-8,10-11,15H,4,9,12-13H2,1H3,(H,20,22)/t15-/m0/s1. The van der Waals surface area contributed by atoms with Crippen LogP contribution in [0.3, 0.4) is 0 Å². The molecule has 0 radical (unpaired) electrons. The minimum absolute atomic E-state index is 0.0296. The number of pyridine rings is 1. The second kappa shape index (κ2) is 8.20. The van der Waals surface area contributed by atoms with Crippen molar-refractivity contribution in [2.45, 2.75) is 35.2 Å². The second-order valence-corrected chi connectivity index (χ2v) is 8.96. The highest BCUT2D eigenvalue weighted by Gasteiger charge is 2.30. The van der Waals surface area contributed by atoms with E-state index in [1.807, 2.05) is 12.3 Å². The van der Waals surface area contributed by atoms with Gasteiger partial charge in [0, 0.05) is 42.8 Å². The molecule has 0 unspecified atom stereocenters. The van der Waals surface area contributed by atoms with E-state index in [1.165, 1.54) is 4.31 Å². The lowest BCUT2D eigenvalue weighted by Crippen LogP contribution is -2.41. The van der Waals surface area contributed by atoms with Crippen LogP contribution < -0.4 is 5.32 Å². The number of nitrogens with one attached hydrogen (secondary N) is 1. The van der Waals surface area contributed by atoms with Crippen LogP contribution in [0.5, 0.6) is 0 Å². The van der Waals surface area contributed by atoms with Gasteiger partial charge >= 0.3 is 0 Å². The molecule has 1 aromatic carbocycles. The minimum Gasteiger partial charge on any atom is -0.352 e. The Morgan fingerprint density at radius 1 is 1.27 bits per heavy atom. The monoisotopic (exact) mass is 391 g/mol. The molecule has 0 spiro atoms. The minimum atomic E-state index is -3.68. The molecule has 26 heavy (non-hydrogen) atoms. The van der Waals surface area contributed by atoms with E-state index in [9.17, 15) is 13.2 Å². The smallest absolute Gasteiger partial charge is 0.243 e. The predicted octanol–water partition coefficient (Wildman–Crippen LogP) is 2.27. The van der Waals surface area contributed by atoms with Gasteiger partial charge in [0.15, 0.2) is 0 Å². The summed E-state index contributed by atoms with van der Waals surface area (Å²) in [5, 5.41) is 2.85. The third kappa shape index (κ3) is 4.44.